The molecule has 0 radical (unpaired) electrons. The van der Waals surface area contributed by atoms with Crippen LogP contribution in [-0.4, -0.2) is 5.97 Å². The maximum atomic E-state index is 11.3. The van der Waals surface area contributed by atoms with Gasteiger partial charge in [0, 0.05) is 5.56 Å². The van der Waals surface area contributed by atoms with Crippen molar-refractivity contribution in [2.24, 2.45) is 0 Å². The van der Waals surface area contributed by atoms with Crippen LogP contribution in [0.3, 0.4) is 0 Å². The number of hydrogen-bond donors (Lipinski definition) is 0. The minimum atomic E-state index is -0.211. The smallest absolute Gasteiger partial charge is 0.339 e. The van der Waals surface area contributed by atoms with Crippen molar-refractivity contribution < 1.29 is 9.53 Å². The van der Waals surface area contributed by atoms with E-state index in [9.17, 15) is 4.79 Å². The van der Waals surface area contributed by atoms with Gasteiger partial charge in [-0.15, -0.1) is 6.58 Å². The lowest BCUT2D eigenvalue weighted by atomic mass is 10.0. The van der Waals surface area contributed by atoms with Crippen molar-refractivity contribution in [2.75, 3.05) is 0 Å². The molecule has 0 fully saturated rings. The van der Waals surface area contributed by atoms with E-state index < -0.39 is 0 Å². The molecule has 1 aromatic carbocycles. The standard InChI is InChI=1S/C12H12O2/c1-3-4-9-5-6-10-11(7-9)8(2)14-12(10)13/h3,5-8H,1,4H2,2H3. The molecular weight excluding hydrogens is 176 g/mol. The van der Waals surface area contributed by atoms with Crippen molar-refractivity contribution in [3.05, 3.63) is 47.5 Å². The molecule has 2 rings (SSSR count). The van der Waals surface area contributed by atoms with Gasteiger partial charge in [-0.3, -0.25) is 0 Å². The van der Waals surface area contributed by atoms with E-state index in [-0.39, 0.29) is 12.1 Å². The van der Waals surface area contributed by atoms with Crippen molar-refractivity contribution in [1.29, 1.82) is 0 Å². The maximum Gasteiger partial charge on any atom is 0.339 e. The zero-order valence-electron chi connectivity index (χ0n) is 8.12. The molecular formula is C12H12O2. The Kier molecular flexibility index (Phi) is 2.12. The summed E-state index contributed by atoms with van der Waals surface area (Å²) in [6.07, 6.45) is 2.57. The number of esters is 1. The number of cyclic esters (lactones) is 1. The summed E-state index contributed by atoms with van der Waals surface area (Å²) < 4.78 is 5.10. The molecule has 1 atom stereocenters. The van der Waals surface area contributed by atoms with Gasteiger partial charge >= 0.3 is 5.97 Å². The van der Waals surface area contributed by atoms with E-state index in [0.717, 1.165) is 12.0 Å². The zero-order chi connectivity index (χ0) is 10.1. The summed E-state index contributed by atoms with van der Waals surface area (Å²) in [5.41, 5.74) is 2.86. The van der Waals surface area contributed by atoms with Crippen molar-refractivity contribution in [3.63, 3.8) is 0 Å². The molecule has 0 aromatic heterocycles. The van der Waals surface area contributed by atoms with Gasteiger partial charge in [0.05, 0.1) is 5.56 Å². The summed E-state index contributed by atoms with van der Waals surface area (Å²) >= 11 is 0. The van der Waals surface area contributed by atoms with Crippen LogP contribution in [0.15, 0.2) is 30.9 Å². The minimum Gasteiger partial charge on any atom is -0.454 e. The van der Waals surface area contributed by atoms with Gasteiger partial charge in [-0.05, 0) is 25.0 Å². The highest BCUT2D eigenvalue weighted by atomic mass is 16.5. The van der Waals surface area contributed by atoms with Gasteiger partial charge in [-0.25, -0.2) is 4.79 Å². The molecule has 0 saturated heterocycles. The van der Waals surface area contributed by atoms with Crippen LogP contribution in [0.25, 0.3) is 0 Å². The monoisotopic (exact) mass is 188 g/mol. The summed E-state index contributed by atoms with van der Waals surface area (Å²) in [6, 6.07) is 5.80. The highest BCUT2D eigenvalue weighted by molar-refractivity contribution is 5.94. The molecule has 2 nitrogen and oxygen atoms in total. The van der Waals surface area contributed by atoms with Crippen LogP contribution in [-0.2, 0) is 11.2 Å². The molecule has 0 saturated carbocycles. The number of hydrogen-bond acceptors (Lipinski definition) is 2. The van der Waals surface area contributed by atoms with Gasteiger partial charge < -0.3 is 4.74 Å². The fourth-order valence-electron chi connectivity index (χ4n) is 1.72. The van der Waals surface area contributed by atoms with E-state index in [0.29, 0.717) is 5.56 Å². The van der Waals surface area contributed by atoms with Gasteiger partial charge in [0.25, 0.3) is 0 Å². The number of allylic oxidation sites excluding steroid dienone is 1. The van der Waals surface area contributed by atoms with Crippen LogP contribution in [0.4, 0.5) is 0 Å². The molecule has 14 heavy (non-hydrogen) atoms. The molecule has 0 spiro atoms. The van der Waals surface area contributed by atoms with Crippen molar-refractivity contribution in [1.82, 2.24) is 0 Å². The second-order valence-corrected chi connectivity index (χ2v) is 3.46. The second kappa shape index (κ2) is 3.29. The number of carbonyl (C=O) groups excluding carboxylic acids is 1. The zero-order valence-corrected chi connectivity index (χ0v) is 8.12. The van der Waals surface area contributed by atoms with E-state index in [4.69, 9.17) is 4.74 Å². The molecule has 1 aliphatic heterocycles. The third kappa shape index (κ3) is 1.33. The first-order chi connectivity index (χ1) is 6.72. The number of fused-ring (bicyclic) bond motifs is 1. The van der Waals surface area contributed by atoms with E-state index in [1.54, 1.807) is 0 Å². The molecule has 1 aromatic rings. The first-order valence-corrected chi connectivity index (χ1v) is 4.67. The minimum absolute atomic E-state index is 0.109. The number of carbonyl (C=O) groups is 1. The molecule has 1 heterocycles. The van der Waals surface area contributed by atoms with Gasteiger partial charge in [0.1, 0.15) is 6.10 Å². The molecule has 1 aliphatic rings. The van der Waals surface area contributed by atoms with Crippen LogP contribution in [0.5, 0.6) is 0 Å². The van der Waals surface area contributed by atoms with Gasteiger partial charge in [0.15, 0.2) is 0 Å². The first-order valence-electron chi connectivity index (χ1n) is 4.67. The normalized spacial score (nSPS) is 18.9. The van der Waals surface area contributed by atoms with Crippen molar-refractivity contribution in [2.45, 2.75) is 19.4 Å². The van der Waals surface area contributed by atoms with Crippen LogP contribution in [0.1, 0.15) is 34.5 Å². The number of ether oxygens (including phenoxy) is 1. The third-order valence-corrected chi connectivity index (χ3v) is 2.44. The molecule has 72 valence electrons. The summed E-state index contributed by atoms with van der Waals surface area (Å²) in [4.78, 5) is 11.3. The Balaban J connectivity index is 2.44. The average Bonchev–Trinajstić information content (AvgIpc) is 2.43. The van der Waals surface area contributed by atoms with Crippen LogP contribution < -0.4 is 0 Å². The van der Waals surface area contributed by atoms with Crippen molar-refractivity contribution >= 4 is 5.97 Å². The van der Waals surface area contributed by atoms with Crippen LogP contribution in [0.2, 0.25) is 0 Å². The van der Waals surface area contributed by atoms with Crippen LogP contribution >= 0.6 is 0 Å². The Morgan fingerprint density at radius 1 is 1.57 bits per heavy atom. The molecule has 0 bridgehead atoms. The summed E-state index contributed by atoms with van der Waals surface area (Å²) in [5.74, 6) is -0.211. The average molecular weight is 188 g/mol. The molecule has 2 heteroatoms. The van der Waals surface area contributed by atoms with Crippen molar-refractivity contribution in [3.8, 4) is 0 Å². The topological polar surface area (TPSA) is 26.3 Å². The fraction of sp³-hybridized carbons (Fsp3) is 0.250. The molecule has 0 aliphatic carbocycles. The first kappa shape index (κ1) is 9.00. The largest absolute Gasteiger partial charge is 0.454 e. The van der Waals surface area contributed by atoms with Gasteiger partial charge in [-0.2, -0.15) is 0 Å². The van der Waals surface area contributed by atoms with Gasteiger partial charge in [0.2, 0.25) is 0 Å². The lowest BCUT2D eigenvalue weighted by molar-refractivity contribution is 0.0422. The highest BCUT2D eigenvalue weighted by Gasteiger charge is 2.27. The summed E-state index contributed by atoms with van der Waals surface area (Å²) in [7, 11) is 0. The third-order valence-electron chi connectivity index (χ3n) is 2.44. The van der Waals surface area contributed by atoms with Gasteiger partial charge in [-0.1, -0.05) is 18.2 Å². The molecule has 0 amide bonds. The number of rotatable bonds is 2. The predicted molar refractivity (Wildman–Crippen MR) is 54.2 cm³/mol. The summed E-state index contributed by atoms with van der Waals surface area (Å²) in [6.45, 7) is 5.58. The van der Waals surface area contributed by atoms with Crippen LogP contribution in [0, 0.1) is 0 Å². The number of benzene rings is 1. The molecule has 1 unspecified atom stereocenters. The Hall–Kier alpha value is -1.57. The predicted octanol–water partition coefficient (Wildman–Crippen LogP) is 2.65. The Bertz CT molecular complexity index is 393. The maximum absolute atomic E-state index is 11.3. The fourth-order valence-corrected chi connectivity index (χ4v) is 1.72. The lowest BCUT2D eigenvalue weighted by Crippen LogP contribution is -1.94. The van der Waals surface area contributed by atoms with E-state index >= 15 is 0 Å². The van der Waals surface area contributed by atoms with E-state index in [1.165, 1.54) is 5.56 Å². The van der Waals surface area contributed by atoms with E-state index in [1.807, 2.05) is 31.2 Å². The SMILES string of the molecule is C=CCc1ccc2c(c1)C(C)OC2=O. The Morgan fingerprint density at radius 2 is 2.36 bits per heavy atom. The second-order valence-electron chi connectivity index (χ2n) is 3.46. The Morgan fingerprint density at radius 3 is 3.07 bits per heavy atom. The quantitative estimate of drug-likeness (QED) is 0.526. The Labute approximate surface area is 83.2 Å². The molecule has 0 N–H and O–H groups in total. The summed E-state index contributed by atoms with van der Waals surface area (Å²) in [5, 5.41) is 0. The van der Waals surface area contributed by atoms with E-state index in [2.05, 4.69) is 6.58 Å². The lowest BCUT2D eigenvalue weighted by Gasteiger charge is -2.03. The highest BCUT2D eigenvalue weighted by Crippen LogP contribution is 2.30.